The van der Waals surface area contributed by atoms with Crippen LogP contribution in [0.25, 0.3) is 17.1 Å². The molecule has 0 aliphatic heterocycles. The van der Waals surface area contributed by atoms with Crippen molar-refractivity contribution in [2.75, 3.05) is 17.1 Å². The van der Waals surface area contributed by atoms with Gasteiger partial charge in [-0.1, -0.05) is 34.1 Å². The van der Waals surface area contributed by atoms with Gasteiger partial charge in [-0.3, -0.25) is 0 Å². The Morgan fingerprint density at radius 2 is 1.79 bits per heavy atom. The van der Waals surface area contributed by atoms with E-state index in [2.05, 4.69) is 42.5 Å². The molecule has 168 valence electrons. The van der Waals surface area contributed by atoms with Gasteiger partial charge < -0.3 is 19.6 Å². The van der Waals surface area contributed by atoms with Crippen LogP contribution in [0.5, 0.6) is 5.75 Å². The van der Waals surface area contributed by atoms with Crippen LogP contribution < -0.4 is 14.8 Å². The van der Waals surface area contributed by atoms with Gasteiger partial charge in [-0.05, 0) is 60.7 Å². The van der Waals surface area contributed by atoms with Gasteiger partial charge in [0.25, 0.3) is 0 Å². The highest BCUT2D eigenvalue weighted by Crippen LogP contribution is 2.30. The number of nitrogens with zero attached hydrogens (tertiary/aromatic N) is 1. The van der Waals surface area contributed by atoms with E-state index in [0.717, 1.165) is 21.4 Å². The predicted molar refractivity (Wildman–Crippen MR) is 139 cm³/mol. The number of aromatic amines is 1. The number of hydrogen-bond acceptors (Lipinski definition) is 5. The van der Waals surface area contributed by atoms with Gasteiger partial charge in [0.15, 0.2) is 5.75 Å². The highest BCUT2D eigenvalue weighted by molar-refractivity contribution is 9.10. The Labute approximate surface area is 208 Å². The van der Waals surface area contributed by atoms with Crippen LogP contribution in [-0.4, -0.2) is 21.6 Å². The number of nitrogens with one attached hydrogen (secondary N) is 3. The molecule has 0 aliphatic carbocycles. The Morgan fingerprint density at radius 3 is 2.48 bits per heavy atom. The number of aromatic nitrogens is 2. The molecule has 6 nitrogen and oxygen atoms in total. The molecule has 1 aromatic heterocycles. The Hall–Kier alpha value is -2.91. The smallest absolute Gasteiger partial charge is 0.223 e. The van der Waals surface area contributed by atoms with E-state index in [0.29, 0.717) is 32.9 Å². The SMILES string of the molecule is C=C(Nc1ccc(OC)c([S+]([O-])Nc2ccc(Br)cc2)c1)c1cnc(-c2ccc(Cl)cc2)[nH]1. The number of ether oxygens (including phenoxy) is 1. The first kappa shape index (κ1) is 23.3. The van der Waals surface area contributed by atoms with Crippen LogP contribution in [0.15, 0.2) is 88.9 Å². The summed E-state index contributed by atoms with van der Waals surface area (Å²) >= 11 is 7.82. The summed E-state index contributed by atoms with van der Waals surface area (Å²) in [6, 6.07) is 20.2. The predicted octanol–water partition coefficient (Wildman–Crippen LogP) is 6.72. The van der Waals surface area contributed by atoms with E-state index in [1.54, 1.807) is 25.4 Å². The molecule has 9 heteroatoms. The second-order valence-corrected chi connectivity index (χ2v) is 9.53. The topological polar surface area (TPSA) is 85.0 Å². The lowest BCUT2D eigenvalue weighted by Crippen LogP contribution is -2.14. The standard InChI is InChI=1S/C24H20BrClN4O2S/c1-15(21-14-27-24(29-21)16-3-7-18(26)8-4-16)28-20-11-12-22(32-2)23(13-20)33(31)30-19-9-5-17(25)6-10-19/h3-14,28,30H,1H2,2H3,(H,27,29). The molecule has 4 aromatic rings. The third-order valence-electron chi connectivity index (χ3n) is 4.73. The normalized spacial score (nSPS) is 11.6. The minimum atomic E-state index is -1.54. The number of rotatable bonds is 8. The van der Waals surface area contributed by atoms with Crippen LogP contribution in [0.2, 0.25) is 5.02 Å². The van der Waals surface area contributed by atoms with Crippen molar-refractivity contribution in [2.24, 2.45) is 0 Å². The zero-order valence-electron chi connectivity index (χ0n) is 17.6. The number of benzene rings is 3. The summed E-state index contributed by atoms with van der Waals surface area (Å²) in [7, 11) is 1.55. The average Bonchev–Trinajstić information content (AvgIpc) is 3.31. The molecule has 33 heavy (non-hydrogen) atoms. The third kappa shape index (κ3) is 5.72. The second-order valence-electron chi connectivity index (χ2n) is 7.00. The molecule has 0 radical (unpaired) electrons. The fourth-order valence-electron chi connectivity index (χ4n) is 3.05. The Kier molecular flexibility index (Phi) is 7.29. The van der Waals surface area contributed by atoms with Gasteiger partial charge in [0, 0.05) is 26.8 Å². The Morgan fingerprint density at radius 1 is 1.09 bits per heavy atom. The summed E-state index contributed by atoms with van der Waals surface area (Å²) in [6.07, 6.45) is 1.71. The number of anilines is 2. The number of imidazole rings is 1. The molecule has 0 bridgehead atoms. The molecule has 4 rings (SSSR count). The van der Waals surface area contributed by atoms with Crippen molar-refractivity contribution in [2.45, 2.75) is 4.90 Å². The minimum absolute atomic E-state index is 0.504. The van der Waals surface area contributed by atoms with Crippen LogP contribution in [0, 0.1) is 0 Å². The average molecular weight is 544 g/mol. The lowest BCUT2D eigenvalue weighted by atomic mass is 10.2. The van der Waals surface area contributed by atoms with E-state index in [1.165, 1.54) is 0 Å². The molecule has 3 aromatic carbocycles. The zero-order chi connectivity index (χ0) is 23.4. The highest BCUT2D eigenvalue weighted by Gasteiger charge is 2.20. The van der Waals surface area contributed by atoms with E-state index >= 15 is 0 Å². The summed E-state index contributed by atoms with van der Waals surface area (Å²) in [4.78, 5) is 8.18. The first-order valence-corrected chi connectivity index (χ1v) is 12.1. The molecule has 0 spiro atoms. The maximum absolute atomic E-state index is 13.0. The van der Waals surface area contributed by atoms with Gasteiger partial charge in [-0.25, -0.2) is 9.71 Å². The summed E-state index contributed by atoms with van der Waals surface area (Å²) < 4.78 is 22.4. The van der Waals surface area contributed by atoms with Crippen LogP contribution in [0.3, 0.4) is 0 Å². The van der Waals surface area contributed by atoms with Gasteiger partial charge in [0.2, 0.25) is 4.90 Å². The molecular formula is C24H20BrClN4O2S. The molecule has 1 atom stereocenters. The molecule has 0 aliphatic rings. The molecule has 0 saturated heterocycles. The Bertz CT molecular complexity index is 1260. The van der Waals surface area contributed by atoms with Gasteiger partial charge >= 0.3 is 0 Å². The van der Waals surface area contributed by atoms with Crippen molar-refractivity contribution in [3.8, 4) is 17.1 Å². The second kappa shape index (κ2) is 10.4. The molecule has 3 N–H and O–H groups in total. The fraction of sp³-hybridized carbons (Fsp3) is 0.0417. The van der Waals surface area contributed by atoms with E-state index < -0.39 is 11.4 Å². The van der Waals surface area contributed by atoms with Crippen molar-refractivity contribution >= 4 is 56.0 Å². The zero-order valence-corrected chi connectivity index (χ0v) is 20.7. The van der Waals surface area contributed by atoms with Crippen LogP contribution >= 0.6 is 27.5 Å². The number of halogens is 2. The first-order valence-electron chi connectivity index (χ1n) is 9.82. The van der Waals surface area contributed by atoms with E-state index in [4.69, 9.17) is 16.3 Å². The number of H-pyrrole nitrogens is 1. The van der Waals surface area contributed by atoms with Gasteiger partial charge in [-0.2, -0.15) is 0 Å². The van der Waals surface area contributed by atoms with E-state index in [-0.39, 0.29) is 0 Å². The fourth-order valence-corrected chi connectivity index (χ4v) is 4.47. The largest absolute Gasteiger partial charge is 0.588 e. The van der Waals surface area contributed by atoms with Gasteiger partial charge in [0.1, 0.15) is 17.2 Å². The van der Waals surface area contributed by atoms with Crippen molar-refractivity contribution in [3.63, 3.8) is 0 Å². The van der Waals surface area contributed by atoms with Crippen LogP contribution in [-0.2, 0) is 11.4 Å². The van der Waals surface area contributed by atoms with Crippen molar-refractivity contribution in [3.05, 3.63) is 94.7 Å². The van der Waals surface area contributed by atoms with Crippen LogP contribution in [0.4, 0.5) is 11.4 Å². The number of methoxy groups -OCH3 is 1. The maximum atomic E-state index is 13.0. The summed E-state index contributed by atoms with van der Waals surface area (Å²) in [5, 5.41) is 3.90. The highest BCUT2D eigenvalue weighted by atomic mass is 79.9. The molecular weight excluding hydrogens is 524 g/mol. The first-order chi connectivity index (χ1) is 15.9. The van der Waals surface area contributed by atoms with Crippen molar-refractivity contribution in [1.29, 1.82) is 0 Å². The van der Waals surface area contributed by atoms with E-state index in [1.807, 2.05) is 54.6 Å². The lowest BCUT2D eigenvalue weighted by Gasteiger charge is -2.16. The summed E-state index contributed by atoms with van der Waals surface area (Å²) in [5.74, 6) is 1.22. The maximum Gasteiger partial charge on any atom is 0.223 e. The molecule has 1 unspecified atom stereocenters. The molecule has 0 amide bonds. The summed E-state index contributed by atoms with van der Waals surface area (Å²) in [5.41, 5.74) is 3.70. The lowest BCUT2D eigenvalue weighted by molar-refractivity contribution is 0.403. The quantitative estimate of drug-likeness (QED) is 0.215. The van der Waals surface area contributed by atoms with Crippen molar-refractivity contribution < 1.29 is 9.29 Å². The van der Waals surface area contributed by atoms with Crippen LogP contribution in [0.1, 0.15) is 5.69 Å². The number of hydrogen-bond donors (Lipinski definition) is 3. The monoisotopic (exact) mass is 542 g/mol. The third-order valence-corrected chi connectivity index (χ3v) is 6.65. The Balaban J connectivity index is 1.50. The molecule has 0 fully saturated rings. The van der Waals surface area contributed by atoms with Crippen molar-refractivity contribution in [1.82, 2.24) is 9.97 Å². The van der Waals surface area contributed by atoms with E-state index in [9.17, 15) is 4.55 Å². The van der Waals surface area contributed by atoms with Gasteiger partial charge in [-0.15, -0.1) is 0 Å². The van der Waals surface area contributed by atoms with Gasteiger partial charge in [0.05, 0.1) is 30.4 Å². The minimum Gasteiger partial charge on any atom is -0.588 e. The molecule has 0 saturated carbocycles. The summed E-state index contributed by atoms with van der Waals surface area (Å²) in [6.45, 7) is 4.10. The molecule has 1 heterocycles.